The predicted molar refractivity (Wildman–Crippen MR) is 49.0 cm³/mol. The lowest BCUT2D eigenvalue weighted by Crippen LogP contribution is -2.22. The molecule has 0 aromatic rings. The molecular formula is C10H16O3. The molecule has 0 bridgehead atoms. The summed E-state index contributed by atoms with van der Waals surface area (Å²) in [6.07, 6.45) is 3.97. The largest absolute Gasteiger partial charge is 0.384 e. The molecule has 0 saturated carbocycles. The first-order valence-electron chi connectivity index (χ1n) is 4.73. The lowest BCUT2D eigenvalue weighted by atomic mass is 10.2. The summed E-state index contributed by atoms with van der Waals surface area (Å²) in [5, 5.41) is 8.38. The molecule has 0 amide bonds. The van der Waals surface area contributed by atoms with E-state index in [1.54, 1.807) is 0 Å². The average molecular weight is 184 g/mol. The van der Waals surface area contributed by atoms with Gasteiger partial charge in [-0.15, -0.1) is 0 Å². The van der Waals surface area contributed by atoms with E-state index < -0.39 is 0 Å². The van der Waals surface area contributed by atoms with E-state index in [0.29, 0.717) is 13.0 Å². The molecule has 0 aromatic heterocycles. The van der Waals surface area contributed by atoms with Gasteiger partial charge >= 0.3 is 0 Å². The van der Waals surface area contributed by atoms with Crippen LogP contribution in [-0.4, -0.2) is 31.2 Å². The molecule has 0 aliphatic carbocycles. The van der Waals surface area contributed by atoms with Crippen LogP contribution in [0.2, 0.25) is 0 Å². The normalized spacial score (nSPS) is 22.1. The second-order valence-electron chi connectivity index (χ2n) is 2.93. The standard InChI is InChI=1S/C10H16O3/c11-7-3-1-4-8-12-10-6-2-5-9-13-10/h10-11H,2,4-9H2. The van der Waals surface area contributed by atoms with Gasteiger partial charge in [0.05, 0.1) is 6.61 Å². The minimum absolute atomic E-state index is 0.0234. The topological polar surface area (TPSA) is 38.7 Å². The summed E-state index contributed by atoms with van der Waals surface area (Å²) < 4.78 is 10.8. The Bertz CT molecular complexity index is 174. The number of hydrogen-bond acceptors (Lipinski definition) is 3. The molecule has 1 heterocycles. The molecule has 0 aromatic carbocycles. The van der Waals surface area contributed by atoms with Crippen LogP contribution < -0.4 is 0 Å². The van der Waals surface area contributed by atoms with Crippen molar-refractivity contribution < 1.29 is 14.6 Å². The number of aliphatic hydroxyl groups excluding tert-OH is 1. The fourth-order valence-corrected chi connectivity index (χ4v) is 1.23. The SMILES string of the molecule is OCC#CCCOC1CCCCO1. The maximum atomic E-state index is 8.38. The first-order valence-corrected chi connectivity index (χ1v) is 4.73. The molecule has 74 valence electrons. The lowest BCUT2D eigenvalue weighted by molar-refractivity contribution is -0.161. The molecule has 1 N–H and O–H groups in total. The van der Waals surface area contributed by atoms with Crippen molar-refractivity contribution in [2.45, 2.75) is 32.0 Å². The number of aliphatic hydroxyl groups is 1. The fraction of sp³-hybridized carbons (Fsp3) is 0.800. The van der Waals surface area contributed by atoms with Gasteiger partial charge in [0.15, 0.2) is 6.29 Å². The Morgan fingerprint density at radius 3 is 3.00 bits per heavy atom. The van der Waals surface area contributed by atoms with Crippen LogP contribution in [0.1, 0.15) is 25.7 Å². The highest BCUT2D eigenvalue weighted by molar-refractivity contribution is 4.98. The first kappa shape index (κ1) is 10.5. The Hall–Kier alpha value is -0.560. The molecule has 1 aliphatic rings. The van der Waals surface area contributed by atoms with Crippen LogP contribution in [0.15, 0.2) is 0 Å². The summed E-state index contributed by atoms with van der Waals surface area (Å²) in [6, 6.07) is 0. The van der Waals surface area contributed by atoms with Gasteiger partial charge in [-0.05, 0) is 19.3 Å². The number of hydrogen-bond donors (Lipinski definition) is 1. The Kier molecular flexibility index (Phi) is 5.59. The second-order valence-corrected chi connectivity index (χ2v) is 2.93. The molecule has 13 heavy (non-hydrogen) atoms. The number of ether oxygens (including phenoxy) is 2. The van der Waals surface area contributed by atoms with E-state index in [1.807, 2.05) is 0 Å². The van der Waals surface area contributed by atoms with Crippen molar-refractivity contribution in [1.29, 1.82) is 0 Å². The minimum atomic E-state index is -0.0695. The minimum Gasteiger partial charge on any atom is -0.384 e. The van der Waals surface area contributed by atoms with Crippen LogP contribution in [0.25, 0.3) is 0 Å². The van der Waals surface area contributed by atoms with Gasteiger partial charge in [0.25, 0.3) is 0 Å². The van der Waals surface area contributed by atoms with Gasteiger partial charge < -0.3 is 14.6 Å². The van der Waals surface area contributed by atoms with Gasteiger partial charge in [0.1, 0.15) is 6.61 Å². The molecule has 0 spiro atoms. The van der Waals surface area contributed by atoms with Crippen molar-refractivity contribution in [1.82, 2.24) is 0 Å². The zero-order valence-electron chi connectivity index (χ0n) is 7.79. The van der Waals surface area contributed by atoms with Crippen molar-refractivity contribution in [3.63, 3.8) is 0 Å². The zero-order chi connectivity index (χ0) is 9.36. The molecule has 1 aliphatic heterocycles. The molecule has 0 radical (unpaired) electrons. The van der Waals surface area contributed by atoms with Crippen molar-refractivity contribution in [2.75, 3.05) is 19.8 Å². The monoisotopic (exact) mass is 184 g/mol. The van der Waals surface area contributed by atoms with Gasteiger partial charge in [-0.2, -0.15) is 0 Å². The summed E-state index contributed by atoms with van der Waals surface area (Å²) in [6.45, 7) is 1.34. The van der Waals surface area contributed by atoms with Crippen molar-refractivity contribution >= 4 is 0 Å². The molecule has 1 unspecified atom stereocenters. The summed E-state index contributed by atoms with van der Waals surface area (Å²) >= 11 is 0. The summed E-state index contributed by atoms with van der Waals surface area (Å²) in [5.41, 5.74) is 0. The predicted octanol–water partition coefficient (Wildman–Crippen LogP) is 0.915. The maximum absolute atomic E-state index is 8.38. The fourth-order valence-electron chi connectivity index (χ4n) is 1.23. The molecular weight excluding hydrogens is 168 g/mol. The highest BCUT2D eigenvalue weighted by Gasteiger charge is 2.12. The Morgan fingerprint density at radius 2 is 2.31 bits per heavy atom. The third-order valence-electron chi connectivity index (χ3n) is 1.87. The van der Waals surface area contributed by atoms with Crippen LogP contribution in [0.3, 0.4) is 0 Å². The quantitative estimate of drug-likeness (QED) is 0.523. The van der Waals surface area contributed by atoms with E-state index >= 15 is 0 Å². The van der Waals surface area contributed by atoms with E-state index in [1.165, 1.54) is 6.42 Å². The maximum Gasteiger partial charge on any atom is 0.157 e. The van der Waals surface area contributed by atoms with E-state index in [0.717, 1.165) is 19.4 Å². The van der Waals surface area contributed by atoms with Gasteiger partial charge in [-0.3, -0.25) is 0 Å². The number of rotatable bonds is 3. The van der Waals surface area contributed by atoms with Crippen LogP contribution in [0.4, 0.5) is 0 Å². The third-order valence-corrected chi connectivity index (χ3v) is 1.87. The Morgan fingerprint density at radius 1 is 1.38 bits per heavy atom. The van der Waals surface area contributed by atoms with Gasteiger partial charge in [-0.25, -0.2) is 0 Å². The molecule has 1 fully saturated rings. The first-order chi connectivity index (χ1) is 6.43. The lowest BCUT2D eigenvalue weighted by Gasteiger charge is -2.22. The van der Waals surface area contributed by atoms with E-state index in [9.17, 15) is 0 Å². The van der Waals surface area contributed by atoms with Gasteiger partial charge in [0, 0.05) is 13.0 Å². The molecule has 1 rings (SSSR count). The van der Waals surface area contributed by atoms with Crippen LogP contribution in [0, 0.1) is 11.8 Å². The highest BCUT2D eigenvalue weighted by atomic mass is 16.7. The van der Waals surface area contributed by atoms with Gasteiger partial charge in [-0.1, -0.05) is 11.8 Å². The average Bonchev–Trinajstić information content (AvgIpc) is 2.19. The summed E-state index contributed by atoms with van der Waals surface area (Å²) in [4.78, 5) is 0. The van der Waals surface area contributed by atoms with Crippen molar-refractivity contribution in [2.24, 2.45) is 0 Å². The molecule has 3 nitrogen and oxygen atoms in total. The zero-order valence-corrected chi connectivity index (χ0v) is 7.79. The van der Waals surface area contributed by atoms with E-state index in [4.69, 9.17) is 14.6 Å². The van der Waals surface area contributed by atoms with E-state index in [2.05, 4.69) is 11.8 Å². The Balaban J connectivity index is 1.98. The van der Waals surface area contributed by atoms with Crippen LogP contribution in [-0.2, 0) is 9.47 Å². The molecule has 1 saturated heterocycles. The van der Waals surface area contributed by atoms with Gasteiger partial charge in [0.2, 0.25) is 0 Å². The van der Waals surface area contributed by atoms with Crippen molar-refractivity contribution in [3.8, 4) is 11.8 Å². The highest BCUT2D eigenvalue weighted by Crippen LogP contribution is 2.13. The second kappa shape index (κ2) is 6.90. The van der Waals surface area contributed by atoms with E-state index in [-0.39, 0.29) is 12.9 Å². The van der Waals surface area contributed by atoms with Crippen LogP contribution >= 0.6 is 0 Å². The summed E-state index contributed by atoms with van der Waals surface area (Å²) in [7, 11) is 0. The van der Waals surface area contributed by atoms with Crippen LogP contribution in [0.5, 0.6) is 0 Å². The smallest absolute Gasteiger partial charge is 0.157 e. The Labute approximate surface area is 79.0 Å². The molecule has 3 heteroatoms. The molecule has 1 atom stereocenters. The summed E-state index contributed by atoms with van der Waals surface area (Å²) in [5.74, 6) is 5.36. The van der Waals surface area contributed by atoms with Crippen molar-refractivity contribution in [3.05, 3.63) is 0 Å². The third kappa shape index (κ3) is 4.89.